The van der Waals surface area contributed by atoms with Crippen LogP contribution in [0.15, 0.2) is 53.4 Å². The van der Waals surface area contributed by atoms with E-state index in [0.717, 1.165) is 17.5 Å². The maximum atomic E-state index is 12.8. The summed E-state index contributed by atoms with van der Waals surface area (Å²) in [6.07, 6.45) is 0.735. The fourth-order valence-electron chi connectivity index (χ4n) is 2.68. The van der Waals surface area contributed by atoms with Crippen molar-refractivity contribution in [1.82, 2.24) is 4.72 Å². The number of ether oxygens (including phenoxy) is 1. The molecule has 0 amide bonds. The average Bonchev–Trinajstić information content (AvgIpc) is 2.54. The van der Waals surface area contributed by atoms with Gasteiger partial charge in [-0.3, -0.25) is 0 Å². The van der Waals surface area contributed by atoms with Crippen molar-refractivity contribution in [2.45, 2.75) is 38.1 Å². The van der Waals surface area contributed by atoms with Gasteiger partial charge in [0.1, 0.15) is 5.75 Å². The number of hydrogen-bond donors (Lipinski definition) is 1. The van der Waals surface area contributed by atoms with Crippen LogP contribution in [-0.4, -0.2) is 15.5 Å². The van der Waals surface area contributed by atoms with Crippen LogP contribution in [0, 0.1) is 12.8 Å². The molecule has 0 radical (unpaired) electrons. The second kappa shape index (κ2) is 7.81. The molecule has 0 saturated carbocycles. The molecule has 0 heterocycles. The van der Waals surface area contributed by atoms with Crippen molar-refractivity contribution < 1.29 is 13.2 Å². The van der Waals surface area contributed by atoms with E-state index in [1.165, 1.54) is 0 Å². The normalized spacial score (nSPS) is 13.0. The highest BCUT2D eigenvalue weighted by atomic mass is 32.2. The summed E-state index contributed by atoms with van der Waals surface area (Å²) in [5.41, 5.74) is 1.76. The van der Waals surface area contributed by atoms with Gasteiger partial charge in [-0.15, -0.1) is 0 Å². The number of benzene rings is 2. The first kappa shape index (κ1) is 18.5. The van der Waals surface area contributed by atoms with Gasteiger partial charge in [0.05, 0.1) is 12.0 Å². The van der Waals surface area contributed by atoms with Crippen molar-refractivity contribution in [2.75, 3.05) is 7.11 Å². The summed E-state index contributed by atoms with van der Waals surface area (Å²) in [5, 5.41) is 0. The molecule has 1 unspecified atom stereocenters. The standard InChI is InChI=1S/C19H25NO3S/c1-14(2)12-18(16-8-6-5-7-9-16)20-24(21,22)17-10-11-19(23-4)15(3)13-17/h5-11,13-14,18,20H,12H2,1-4H3. The Labute approximate surface area is 144 Å². The van der Waals surface area contributed by atoms with Crippen molar-refractivity contribution in [2.24, 2.45) is 5.92 Å². The summed E-state index contributed by atoms with van der Waals surface area (Å²) in [6.45, 7) is 6.00. The molecule has 0 aliphatic heterocycles. The molecule has 24 heavy (non-hydrogen) atoms. The molecule has 0 fully saturated rings. The number of methoxy groups -OCH3 is 1. The van der Waals surface area contributed by atoms with Crippen LogP contribution in [0.2, 0.25) is 0 Å². The topological polar surface area (TPSA) is 55.4 Å². The van der Waals surface area contributed by atoms with Crippen molar-refractivity contribution in [1.29, 1.82) is 0 Å². The minimum absolute atomic E-state index is 0.251. The lowest BCUT2D eigenvalue weighted by Crippen LogP contribution is -2.29. The van der Waals surface area contributed by atoms with Gasteiger partial charge in [-0.25, -0.2) is 13.1 Å². The van der Waals surface area contributed by atoms with Crippen LogP contribution in [0.1, 0.15) is 37.4 Å². The molecule has 0 bridgehead atoms. The lowest BCUT2D eigenvalue weighted by atomic mass is 9.98. The predicted octanol–water partition coefficient (Wildman–Crippen LogP) is 4.07. The van der Waals surface area contributed by atoms with E-state index in [-0.39, 0.29) is 10.9 Å². The highest BCUT2D eigenvalue weighted by Gasteiger charge is 2.22. The van der Waals surface area contributed by atoms with Gasteiger partial charge >= 0.3 is 0 Å². The lowest BCUT2D eigenvalue weighted by molar-refractivity contribution is 0.411. The predicted molar refractivity (Wildman–Crippen MR) is 96.7 cm³/mol. The van der Waals surface area contributed by atoms with Gasteiger partial charge in [-0.2, -0.15) is 0 Å². The van der Waals surface area contributed by atoms with Crippen LogP contribution < -0.4 is 9.46 Å². The molecule has 2 aromatic carbocycles. The highest BCUT2D eigenvalue weighted by molar-refractivity contribution is 7.89. The maximum Gasteiger partial charge on any atom is 0.241 e. The van der Waals surface area contributed by atoms with Gasteiger partial charge in [0.25, 0.3) is 0 Å². The van der Waals surface area contributed by atoms with E-state index in [4.69, 9.17) is 4.74 Å². The van der Waals surface area contributed by atoms with Crippen LogP contribution in [0.25, 0.3) is 0 Å². The summed E-state index contributed by atoms with van der Waals surface area (Å²) in [4.78, 5) is 0.255. The number of rotatable bonds is 7. The monoisotopic (exact) mass is 347 g/mol. The minimum atomic E-state index is -3.61. The van der Waals surface area contributed by atoms with Gasteiger partial charge in [0.2, 0.25) is 10.0 Å². The van der Waals surface area contributed by atoms with E-state index in [9.17, 15) is 8.42 Å². The second-order valence-electron chi connectivity index (χ2n) is 6.35. The molecule has 1 N–H and O–H groups in total. The van der Waals surface area contributed by atoms with Gasteiger partial charge in [-0.1, -0.05) is 44.2 Å². The third-order valence-electron chi connectivity index (χ3n) is 3.88. The van der Waals surface area contributed by atoms with Gasteiger partial charge in [0, 0.05) is 6.04 Å². The van der Waals surface area contributed by atoms with Gasteiger partial charge in [-0.05, 0) is 48.6 Å². The van der Waals surface area contributed by atoms with Crippen LogP contribution in [0.5, 0.6) is 5.75 Å². The average molecular weight is 347 g/mol. The quantitative estimate of drug-likeness (QED) is 0.821. The van der Waals surface area contributed by atoms with Crippen molar-refractivity contribution in [3.05, 3.63) is 59.7 Å². The summed E-state index contributed by atoms with van der Waals surface area (Å²) in [5.74, 6) is 1.05. The van der Waals surface area contributed by atoms with E-state index >= 15 is 0 Å². The Morgan fingerprint density at radius 3 is 2.29 bits per heavy atom. The Bertz CT molecular complexity index is 770. The number of nitrogens with one attached hydrogen (secondary N) is 1. The molecular formula is C19H25NO3S. The zero-order chi connectivity index (χ0) is 17.7. The molecule has 2 aromatic rings. The fourth-order valence-corrected chi connectivity index (χ4v) is 4.00. The summed E-state index contributed by atoms with van der Waals surface area (Å²) in [6, 6.07) is 14.3. The molecule has 0 saturated heterocycles. The minimum Gasteiger partial charge on any atom is -0.496 e. The molecule has 0 aliphatic rings. The van der Waals surface area contributed by atoms with Crippen LogP contribution >= 0.6 is 0 Å². The third-order valence-corrected chi connectivity index (χ3v) is 5.35. The van der Waals surface area contributed by atoms with E-state index < -0.39 is 10.0 Å². The molecule has 4 nitrogen and oxygen atoms in total. The fraction of sp³-hybridized carbons (Fsp3) is 0.368. The van der Waals surface area contributed by atoms with Crippen LogP contribution in [0.4, 0.5) is 0 Å². The number of hydrogen-bond acceptors (Lipinski definition) is 3. The Hall–Kier alpha value is -1.85. The Balaban J connectivity index is 2.31. The van der Waals surface area contributed by atoms with Gasteiger partial charge in [0.15, 0.2) is 0 Å². The molecule has 0 aliphatic carbocycles. The summed E-state index contributed by atoms with van der Waals surface area (Å²) >= 11 is 0. The van der Waals surface area contributed by atoms with Gasteiger partial charge < -0.3 is 4.74 Å². The van der Waals surface area contributed by atoms with E-state index in [2.05, 4.69) is 18.6 Å². The van der Waals surface area contributed by atoms with Crippen LogP contribution in [0.3, 0.4) is 0 Å². The first-order valence-corrected chi connectivity index (χ1v) is 9.53. The van der Waals surface area contributed by atoms with Crippen LogP contribution in [-0.2, 0) is 10.0 Å². The lowest BCUT2D eigenvalue weighted by Gasteiger charge is -2.21. The first-order chi connectivity index (χ1) is 11.3. The SMILES string of the molecule is COc1ccc(S(=O)(=O)NC(CC(C)C)c2ccccc2)cc1C. The van der Waals surface area contributed by atoms with E-state index in [0.29, 0.717) is 11.7 Å². The number of sulfonamides is 1. The molecular weight excluding hydrogens is 322 g/mol. The molecule has 1 atom stereocenters. The largest absolute Gasteiger partial charge is 0.496 e. The maximum absolute atomic E-state index is 12.8. The summed E-state index contributed by atoms with van der Waals surface area (Å²) in [7, 11) is -2.03. The highest BCUT2D eigenvalue weighted by Crippen LogP contribution is 2.26. The molecule has 2 rings (SSSR count). The third kappa shape index (κ3) is 4.58. The molecule has 0 spiro atoms. The van der Waals surface area contributed by atoms with E-state index in [1.807, 2.05) is 37.3 Å². The Morgan fingerprint density at radius 1 is 1.08 bits per heavy atom. The van der Waals surface area contributed by atoms with Crippen molar-refractivity contribution in [3.8, 4) is 5.75 Å². The molecule has 0 aromatic heterocycles. The molecule has 130 valence electrons. The second-order valence-corrected chi connectivity index (χ2v) is 8.06. The zero-order valence-electron chi connectivity index (χ0n) is 14.6. The first-order valence-electron chi connectivity index (χ1n) is 8.05. The Morgan fingerprint density at radius 2 is 1.75 bits per heavy atom. The van der Waals surface area contributed by atoms with Crippen molar-refractivity contribution >= 4 is 10.0 Å². The number of aryl methyl sites for hydroxylation is 1. The smallest absolute Gasteiger partial charge is 0.241 e. The van der Waals surface area contributed by atoms with E-state index in [1.54, 1.807) is 25.3 Å². The summed E-state index contributed by atoms with van der Waals surface area (Å²) < 4.78 is 33.6. The molecule has 5 heteroatoms. The zero-order valence-corrected chi connectivity index (χ0v) is 15.4. The Kier molecular flexibility index (Phi) is 6.02. The van der Waals surface area contributed by atoms with Crippen molar-refractivity contribution in [3.63, 3.8) is 0 Å².